The van der Waals surface area contributed by atoms with Gasteiger partial charge in [-0.3, -0.25) is 4.79 Å². The third-order valence-electron chi connectivity index (χ3n) is 4.77. The number of H-pyrrole nitrogens is 1. The summed E-state index contributed by atoms with van der Waals surface area (Å²) in [5.41, 5.74) is 3.17. The summed E-state index contributed by atoms with van der Waals surface area (Å²) in [6.45, 7) is 0. The first-order chi connectivity index (χ1) is 14.2. The highest BCUT2D eigenvalue weighted by molar-refractivity contribution is 9.10. The zero-order valence-corrected chi connectivity index (χ0v) is 16.8. The minimum absolute atomic E-state index is 0.202. The Bertz CT molecular complexity index is 1430. The molecule has 0 fully saturated rings. The van der Waals surface area contributed by atoms with E-state index in [1.54, 1.807) is 12.3 Å². The SMILES string of the molecule is O=c1c2ccccc2nc(-c2ccccc2)n1/N=C/c1c[nH]c2ccc(Br)cc12. The van der Waals surface area contributed by atoms with Gasteiger partial charge in [-0.15, -0.1) is 0 Å². The van der Waals surface area contributed by atoms with Gasteiger partial charge in [0.05, 0.1) is 17.1 Å². The van der Waals surface area contributed by atoms with Gasteiger partial charge >= 0.3 is 0 Å². The number of aromatic nitrogens is 3. The van der Waals surface area contributed by atoms with Gasteiger partial charge in [0.1, 0.15) is 0 Å². The summed E-state index contributed by atoms with van der Waals surface area (Å²) < 4.78 is 2.35. The molecule has 0 saturated carbocycles. The highest BCUT2D eigenvalue weighted by atomic mass is 79.9. The summed E-state index contributed by atoms with van der Waals surface area (Å²) >= 11 is 3.50. The van der Waals surface area contributed by atoms with Gasteiger partial charge in [0.15, 0.2) is 5.82 Å². The molecule has 0 unspecified atom stereocenters. The average Bonchev–Trinajstić information content (AvgIpc) is 3.15. The zero-order valence-electron chi connectivity index (χ0n) is 15.2. The highest BCUT2D eigenvalue weighted by Crippen LogP contribution is 2.22. The van der Waals surface area contributed by atoms with Gasteiger partial charge in [-0.05, 0) is 30.3 Å². The lowest BCUT2D eigenvalue weighted by atomic mass is 10.2. The number of nitrogens with one attached hydrogen (secondary N) is 1. The molecular weight excluding hydrogens is 428 g/mol. The Morgan fingerprint density at radius 1 is 0.966 bits per heavy atom. The van der Waals surface area contributed by atoms with E-state index in [0.717, 1.165) is 26.5 Å². The second kappa shape index (κ2) is 7.14. The molecule has 0 aliphatic rings. The van der Waals surface area contributed by atoms with Crippen molar-refractivity contribution >= 4 is 44.0 Å². The van der Waals surface area contributed by atoms with Crippen molar-refractivity contribution in [2.45, 2.75) is 0 Å². The van der Waals surface area contributed by atoms with Gasteiger partial charge in [0.2, 0.25) is 0 Å². The van der Waals surface area contributed by atoms with Crippen molar-refractivity contribution in [1.82, 2.24) is 14.6 Å². The molecule has 0 radical (unpaired) electrons. The van der Waals surface area contributed by atoms with Crippen molar-refractivity contribution in [1.29, 1.82) is 0 Å². The van der Waals surface area contributed by atoms with E-state index in [-0.39, 0.29) is 5.56 Å². The van der Waals surface area contributed by atoms with Gasteiger partial charge in [0, 0.05) is 32.7 Å². The van der Waals surface area contributed by atoms with Crippen LogP contribution in [0.3, 0.4) is 0 Å². The molecule has 0 aliphatic carbocycles. The van der Waals surface area contributed by atoms with E-state index in [1.807, 2.05) is 72.9 Å². The standard InChI is InChI=1S/C23H15BrN4O/c24-17-10-11-20-19(12-17)16(13-25-20)14-26-28-22(15-6-2-1-3-7-15)27-21-9-5-4-8-18(21)23(28)29/h1-14,25H/b26-14+. The summed E-state index contributed by atoms with van der Waals surface area (Å²) in [5, 5.41) is 6.09. The Morgan fingerprint density at radius 2 is 1.76 bits per heavy atom. The topological polar surface area (TPSA) is 63.0 Å². The van der Waals surface area contributed by atoms with Crippen LogP contribution in [-0.4, -0.2) is 20.9 Å². The van der Waals surface area contributed by atoms with Crippen LogP contribution in [0.1, 0.15) is 5.56 Å². The van der Waals surface area contributed by atoms with Crippen molar-refractivity contribution in [3.63, 3.8) is 0 Å². The molecule has 5 nitrogen and oxygen atoms in total. The Morgan fingerprint density at radius 3 is 2.62 bits per heavy atom. The van der Waals surface area contributed by atoms with Crippen LogP contribution >= 0.6 is 15.9 Å². The number of aromatic amines is 1. The summed E-state index contributed by atoms with van der Waals surface area (Å²) in [7, 11) is 0. The lowest BCUT2D eigenvalue weighted by Crippen LogP contribution is -2.20. The lowest BCUT2D eigenvalue weighted by molar-refractivity contribution is 0.830. The van der Waals surface area contributed by atoms with Crippen molar-refractivity contribution in [3.05, 3.63) is 99.4 Å². The lowest BCUT2D eigenvalue weighted by Gasteiger charge is -2.09. The predicted molar refractivity (Wildman–Crippen MR) is 120 cm³/mol. The number of fused-ring (bicyclic) bond motifs is 2. The second-order valence-corrected chi connectivity index (χ2v) is 7.53. The van der Waals surface area contributed by atoms with Crippen LogP contribution in [0.2, 0.25) is 0 Å². The number of rotatable bonds is 3. The summed E-state index contributed by atoms with van der Waals surface area (Å²) in [4.78, 5) is 21.1. The van der Waals surface area contributed by atoms with Crippen molar-refractivity contribution in [2.24, 2.45) is 5.10 Å². The quantitative estimate of drug-likeness (QED) is 0.390. The molecule has 6 heteroatoms. The Hall–Kier alpha value is -3.51. The maximum atomic E-state index is 13.2. The molecule has 2 heterocycles. The Balaban J connectivity index is 1.73. The molecule has 140 valence electrons. The molecule has 0 saturated heterocycles. The molecule has 3 aromatic carbocycles. The normalized spacial score (nSPS) is 11.6. The van der Waals surface area contributed by atoms with Crippen LogP contribution in [0.4, 0.5) is 0 Å². The second-order valence-electron chi connectivity index (χ2n) is 6.61. The minimum Gasteiger partial charge on any atom is -0.361 e. The molecule has 0 amide bonds. The molecule has 0 bridgehead atoms. The first-order valence-electron chi connectivity index (χ1n) is 9.09. The number of para-hydroxylation sites is 1. The number of benzene rings is 3. The maximum Gasteiger partial charge on any atom is 0.282 e. The van der Waals surface area contributed by atoms with Gasteiger partial charge in [-0.2, -0.15) is 9.78 Å². The van der Waals surface area contributed by atoms with Crippen molar-refractivity contribution in [3.8, 4) is 11.4 Å². The van der Waals surface area contributed by atoms with Gasteiger partial charge in [-0.25, -0.2) is 4.98 Å². The number of hydrogen-bond donors (Lipinski definition) is 1. The van der Waals surface area contributed by atoms with E-state index in [1.165, 1.54) is 4.68 Å². The fourth-order valence-corrected chi connectivity index (χ4v) is 3.71. The molecule has 0 spiro atoms. The first kappa shape index (κ1) is 17.6. The van der Waals surface area contributed by atoms with E-state index in [9.17, 15) is 4.79 Å². The molecule has 5 aromatic rings. The highest BCUT2D eigenvalue weighted by Gasteiger charge is 2.12. The summed E-state index contributed by atoms with van der Waals surface area (Å²) in [6, 6.07) is 22.9. The molecule has 5 rings (SSSR count). The van der Waals surface area contributed by atoms with Gasteiger partial charge in [0.25, 0.3) is 5.56 Å². The maximum absolute atomic E-state index is 13.2. The number of halogens is 1. The number of nitrogens with zero attached hydrogens (tertiary/aromatic N) is 3. The van der Waals surface area contributed by atoms with E-state index < -0.39 is 0 Å². The third kappa shape index (κ3) is 3.17. The molecule has 0 aliphatic heterocycles. The van der Waals surface area contributed by atoms with Crippen LogP contribution in [0.5, 0.6) is 0 Å². The Labute approximate surface area is 174 Å². The monoisotopic (exact) mass is 442 g/mol. The largest absolute Gasteiger partial charge is 0.361 e. The average molecular weight is 443 g/mol. The summed E-state index contributed by atoms with van der Waals surface area (Å²) in [5.74, 6) is 0.506. The van der Waals surface area contributed by atoms with E-state index in [2.05, 4.69) is 26.0 Å². The van der Waals surface area contributed by atoms with Crippen LogP contribution in [0.25, 0.3) is 33.2 Å². The number of hydrogen-bond acceptors (Lipinski definition) is 3. The van der Waals surface area contributed by atoms with E-state index >= 15 is 0 Å². The van der Waals surface area contributed by atoms with Crippen LogP contribution in [-0.2, 0) is 0 Å². The van der Waals surface area contributed by atoms with Crippen LogP contribution in [0.15, 0.2) is 93.4 Å². The Kier molecular flexibility index (Phi) is 4.33. The van der Waals surface area contributed by atoms with Crippen LogP contribution < -0.4 is 5.56 Å². The molecule has 1 N–H and O–H groups in total. The fourth-order valence-electron chi connectivity index (χ4n) is 3.35. The van der Waals surface area contributed by atoms with E-state index in [4.69, 9.17) is 4.98 Å². The van der Waals surface area contributed by atoms with Crippen molar-refractivity contribution in [2.75, 3.05) is 0 Å². The molecule has 29 heavy (non-hydrogen) atoms. The smallest absolute Gasteiger partial charge is 0.282 e. The van der Waals surface area contributed by atoms with Gasteiger partial charge < -0.3 is 4.98 Å². The molecule has 2 aromatic heterocycles. The molecular formula is C23H15BrN4O. The fraction of sp³-hybridized carbons (Fsp3) is 0. The van der Waals surface area contributed by atoms with Crippen molar-refractivity contribution < 1.29 is 0 Å². The predicted octanol–water partition coefficient (Wildman–Crippen LogP) is 5.19. The third-order valence-corrected chi connectivity index (χ3v) is 5.27. The minimum atomic E-state index is -0.202. The van der Waals surface area contributed by atoms with E-state index in [0.29, 0.717) is 16.7 Å². The zero-order chi connectivity index (χ0) is 19.8. The summed E-state index contributed by atoms with van der Waals surface area (Å²) in [6.07, 6.45) is 3.57. The van der Waals surface area contributed by atoms with Crippen LogP contribution in [0, 0.1) is 0 Å². The molecule has 0 atom stereocenters. The van der Waals surface area contributed by atoms with Gasteiger partial charge in [-0.1, -0.05) is 58.4 Å². The first-order valence-corrected chi connectivity index (χ1v) is 9.88.